The molecule has 4 nitrogen and oxygen atoms in total. The molecule has 0 amide bonds. The highest BCUT2D eigenvalue weighted by Gasteiger charge is 2.08. The van der Waals surface area contributed by atoms with Crippen molar-refractivity contribution < 1.29 is 14.4 Å². The molecule has 76 valence electrons. The lowest BCUT2D eigenvalue weighted by Crippen LogP contribution is -1.94. The maximum Gasteiger partial charge on any atom is 0.358 e. The molecule has 1 N–H and O–H groups in total. The lowest BCUT2D eigenvalue weighted by Gasteiger charge is -1.81. The number of hydrogen-bond donors (Lipinski definition) is 1. The number of aromatic carboxylic acids is 1. The second-order valence-electron chi connectivity index (χ2n) is 2.77. The molecule has 0 bridgehead atoms. The Morgan fingerprint density at radius 1 is 1.53 bits per heavy atom. The maximum atomic E-state index is 10.5. The van der Waals surface area contributed by atoms with Crippen molar-refractivity contribution in [2.24, 2.45) is 0 Å². The topological polar surface area (TPSA) is 63.3 Å². The van der Waals surface area contributed by atoms with E-state index < -0.39 is 5.97 Å². The molecule has 0 saturated heterocycles. The molecule has 0 unspecified atom stereocenters. The van der Waals surface area contributed by atoms with Crippen molar-refractivity contribution in [3.63, 3.8) is 0 Å². The summed E-state index contributed by atoms with van der Waals surface area (Å²) < 4.78 is 4.81. The van der Waals surface area contributed by atoms with Crippen LogP contribution in [0.5, 0.6) is 0 Å². The second kappa shape index (κ2) is 4.10. The van der Waals surface area contributed by atoms with Gasteiger partial charge in [-0.25, -0.2) is 4.79 Å². The Morgan fingerprint density at radius 2 is 2.40 bits per heavy atom. The molecule has 15 heavy (non-hydrogen) atoms. The molecule has 0 atom stereocenters. The van der Waals surface area contributed by atoms with Crippen molar-refractivity contribution in [2.75, 3.05) is 0 Å². The van der Waals surface area contributed by atoms with Crippen LogP contribution in [0.3, 0.4) is 0 Å². The zero-order chi connectivity index (χ0) is 10.7. The third-order valence-electron chi connectivity index (χ3n) is 1.70. The van der Waals surface area contributed by atoms with Crippen molar-refractivity contribution in [3.05, 3.63) is 39.9 Å². The zero-order valence-electron chi connectivity index (χ0n) is 7.58. The molecule has 0 aliphatic rings. The van der Waals surface area contributed by atoms with Crippen LogP contribution in [-0.2, 0) is 0 Å². The van der Waals surface area contributed by atoms with Crippen LogP contribution >= 0.6 is 11.3 Å². The molecule has 0 radical (unpaired) electrons. The van der Waals surface area contributed by atoms with Gasteiger partial charge < -0.3 is 9.63 Å². The first-order valence-electron chi connectivity index (χ1n) is 4.17. The quantitative estimate of drug-likeness (QED) is 0.865. The number of aromatic nitrogens is 1. The van der Waals surface area contributed by atoms with Gasteiger partial charge in [0.05, 0.1) is 0 Å². The fraction of sp³-hybridized carbons (Fsp3) is 0. The van der Waals surface area contributed by atoms with E-state index in [4.69, 9.17) is 9.63 Å². The van der Waals surface area contributed by atoms with E-state index in [0.29, 0.717) is 5.76 Å². The molecule has 0 spiro atoms. The predicted octanol–water partition coefficient (Wildman–Crippen LogP) is 2.60. The molecule has 2 heterocycles. The molecule has 0 aromatic carbocycles. The minimum atomic E-state index is -1.09. The predicted molar refractivity (Wildman–Crippen MR) is 56.7 cm³/mol. The standard InChI is InChI=1S/C10H7NO3S/c12-10(13)9-6-7(14-11-9)3-4-8-2-1-5-15-8/h1-6H,(H,12,13). The Bertz CT molecular complexity index is 485. The van der Waals surface area contributed by atoms with Gasteiger partial charge in [-0.1, -0.05) is 11.2 Å². The number of carbonyl (C=O) groups is 1. The minimum Gasteiger partial charge on any atom is -0.476 e. The van der Waals surface area contributed by atoms with E-state index in [1.165, 1.54) is 6.07 Å². The second-order valence-corrected chi connectivity index (χ2v) is 3.75. The van der Waals surface area contributed by atoms with E-state index in [-0.39, 0.29) is 5.69 Å². The van der Waals surface area contributed by atoms with Gasteiger partial charge in [0.2, 0.25) is 0 Å². The summed E-state index contributed by atoms with van der Waals surface area (Å²) in [6.07, 6.45) is 3.53. The zero-order valence-corrected chi connectivity index (χ0v) is 8.40. The van der Waals surface area contributed by atoms with E-state index in [1.54, 1.807) is 17.4 Å². The third-order valence-corrected chi connectivity index (χ3v) is 2.54. The van der Waals surface area contributed by atoms with Gasteiger partial charge >= 0.3 is 5.97 Å². The van der Waals surface area contributed by atoms with Gasteiger partial charge in [-0.05, 0) is 23.6 Å². The van der Waals surface area contributed by atoms with Gasteiger partial charge in [0, 0.05) is 10.9 Å². The lowest BCUT2D eigenvalue weighted by molar-refractivity contribution is 0.0685. The molecule has 0 aliphatic carbocycles. The van der Waals surface area contributed by atoms with Crippen molar-refractivity contribution in [1.29, 1.82) is 0 Å². The highest BCUT2D eigenvalue weighted by Crippen LogP contribution is 2.13. The monoisotopic (exact) mass is 221 g/mol. The van der Waals surface area contributed by atoms with Crippen LogP contribution in [0.1, 0.15) is 21.1 Å². The molecule has 0 fully saturated rings. The molecule has 0 aliphatic heterocycles. The van der Waals surface area contributed by atoms with Crippen molar-refractivity contribution >= 4 is 29.5 Å². The molecular formula is C10H7NO3S. The Balaban J connectivity index is 2.14. The van der Waals surface area contributed by atoms with Gasteiger partial charge in [0.1, 0.15) is 0 Å². The van der Waals surface area contributed by atoms with Crippen LogP contribution in [0.25, 0.3) is 12.2 Å². The summed E-state index contributed by atoms with van der Waals surface area (Å²) >= 11 is 1.59. The van der Waals surface area contributed by atoms with E-state index in [1.807, 2.05) is 23.6 Å². The van der Waals surface area contributed by atoms with E-state index in [0.717, 1.165) is 4.88 Å². The number of thiophene rings is 1. The Labute approximate surface area is 89.5 Å². The maximum absolute atomic E-state index is 10.5. The van der Waals surface area contributed by atoms with Crippen LogP contribution in [0.4, 0.5) is 0 Å². The summed E-state index contributed by atoms with van der Waals surface area (Å²) in [6.45, 7) is 0. The van der Waals surface area contributed by atoms with E-state index in [2.05, 4.69) is 5.16 Å². The van der Waals surface area contributed by atoms with E-state index >= 15 is 0 Å². The SMILES string of the molecule is O=C(O)c1cc(C=Cc2cccs2)on1. The van der Waals surface area contributed by atoms with Crippen molar-refractivity contribution in [1.82, 2.24) is 5.16 Å². The summed E-state index contributed by atoms with van der Waals surface area (Å²) in [5.41, 5.74) is -0.0826. The lowest BCUT2D eigenvalue weighted by atomic mass is 10.3. The first kappa shape index (κ1) is 9.67. The smallest absolute Gasteiger partial charge is 0.358 e. The fourth-order valence-electron chi connectivity index (χ4n) is 1.02. The molecule has 0 saturated carbocycles. The average Bonchev–Trinajstić information content (AvgIpc) is 2.86. The first-order valence-corrected chi connectivity index (χ1v) is 5.05. The van der Waals surface area contributed by atoms with Gasteiger partial charge in [-0.15, -0.1) is 11.3 Å². The highest BCUT2D eigenvalue weighted by atomic mass is 32.1. The molecule has 2 rings (SSSR count). The normalized spacial score (nSPS) is 10.9. The Morgan fingerprint density at radius 3 is 3.00 bits per heavy atom. The van der Waals surface area contributed by atoms with Crippen LogP contribution in [0.2, 0.25) is 0 Å². The largest absolute Gasteiger partial charge is 0.476 e. The Hall–Kier alpha value is -1.88. The van der Waals surface area contributed by atoms with Gasteiger partial charge in [0.25, 0.3) is 0 Å². The number of hydrogen-bond acceptors (Lipinski definition) is 4. The summed E-state index contributed by atoms with van der Waals surface area (Å²) in [6, 6.07) is 5.27. The van der Waals surface area contributed by atoms with Crippen molar-refractivity contribution in [3.8, 4) is 0 Å². The molecule has 2 aromatic rings. The minimum absolute atomic E-state index is 0.0826. The molecular weight excluding hydrogens is 214 g/mol. The fourth-order valence-corrected chi connectivity index (χ4v) is 1.64. The van der Waals surface area contributed by atoms with Crippen LogP contribution < -0.4 is 0 Å². The van der Waals surface area contributed by atoms with Gasteiger partial charge in [-0.3, -0.25) is 0 Å². The van der Waals surface area contributed by atoms with E-state index in [9.17, 15) is 4.79 Å². The summed E-state index contributed by atoms with van der Waals surface area (Å²) in [4.78, 5) is 11.6. The molecule has 2 aromatic heterocycles. The van der Waals surface area contributed by atoms with Gasteiger partial charge in [0.15, 0.2) is 11.5 Å². The summed E-state index contributed by atoms with van der Waals surface area (Å²) in [7, 11) is 0. The summed E-state index contributed by atoms with van der Waals surface area (Å²) in [5, 5.41) is 14.0. The highest BCUT2D eigenvalue weighted by molar-refractivity contribution is 7.10. The number of carboxylic acid groups (broad SMARTS) is 1. The van der Waals surface area contributed by atoms with Crippen LogP contribution in [-0.4, -0.2) is 16.2 Å². The number of rotatable bonds is 3. The van der Waals surface area contributed by atoms with Crippen molar-refractivity contribution in [2.45, 2.75) is 0 Å². The molecule has 5 heteroatoms. The van der Waals surface area contributed by atoms with Gasteiger partial charge in [-0.2, -0.15) is 0 Å². The number of carboxylic acids is 1. The van der Waals surface area contributed by atoms with Crippen LogP contribution in [0.15, 0.2) is 28.1 Å². The van der Waals surface area contributed by atoms with Crippen LogP contribution in [0, 0.1) is 0 Å². The third kappa shape index (κ3) is 2.32. The summed E-state index contributed by atoms with van der Waals surface area (Å²) in [5.74, 6) is -0.657. The number of nitrogens with zero attached hydrogens (tertiary/aromatic N) is 1. The first-order chi connectivity index (χ1) is 7.25. The Kier molecular flexibility index (Phi) is 2.64. The average molecular weight is 221 g/mol.